The second-order valence-corrected chi connectivity index (χ2v) is 3.50. The molecule has 0 aliphatic carbocycles. The topological polar surface area (TPSA) is 76.7 Å². The summed E-state index contributed by atoms with van der Waals surface area (Å²) in [7, 11) is 0. The highest BCUT2D eigenvalue weighted by atomic mass is 19.4. The first-order valence-electron chi connectivity index (χ1n) is 4.83. The van der Waals surface area contributed by atoms with Crippen molar-refractivity contribution in [3.8, 4) is 5.75 Å². The second kappa shape index (κ2) is 4.30. The molecule has 2 rings (SSSR count). The van der Waals surface area contributed by atoms with Crippen LogP contribution in [0.2, 0.25) is 0 Å². The monoisotopic (exact) mass is 274 g/mol. The summed E-state index contributed by atoms with van der Waals surface area (Å²) in [5.41, 5.74) is -1.95. The van der Waals surface area contributed by atoms with Crippen LogP contribution in [0.25, 0.3) is 11.0 Å². The molecule has 1 aromatic carbocycles. The van der Waals surface area contributed by atoms with Crippen molar-refractivity contribution < 1.29 is 32.2 Å². The number of rotatable bonds is 2. The molecule has 0 radical (unpaired) electrons. The summed E-state index contributed by atoms with van der Waals surface area (Å²) < 4.78 is 44.3. The zero-order chi connectivity index (χ0) is 14.2. The Labute approximate surface area is 102 Å². The van der Waals surface area contributed by atoms with Gasteiger partial charge in [-0.25, -0.2) is 9.59 Å². The van der Waals surface area contributed by atoms with E-state index in [9.17, 15) is 22.8 Å². The maximum absolute atomic E-state index is 12.0. The minimum absolute atomic E-state index is 0.173. The molecule has 0 fully saturated rings. The van der Waals surface area contributed by atoms with E-state index in [1.165, 1.54) is 0 Å². The van der Waals surface area contributed by atoms with Crippen LogP contribution in [0.5, 0.6) is 5.75 Å². The van der Waals surface area contributed by atoms with Crippen molar-refractivity contribution in [1.82, 2.24) is 0 Å². The molecule has 0 bridgehead atoms. The van der Waals surface area contributed by atoms with E-state index in [0.29, 0.717) is 0 Å². The van der Waals surface area contributed by atoms with E-state index in [1.807, 2.05) is 0 Å². The Morgan fingerprint density at radius 1 is 1.26 bits per heavy atom. The normalized spacial score (nSPS) is 11.5. The van der Waals surface area contributed by atoms with Crippen LogP contribution in [-0.2, 0) is 0 Å². The third-order valence-corrected chi connectivity index (χ3v) is 2.17. The predicted molar refractivity (Wildman–Crippen MR) is 56.1 cm³/mol. The molecular weight excluding hydrogens is 269 g/mol. The van der Waals surface area contributed by atoms with Crippen molar-refractivity contribution in [2.45, 2.75) is 6.36 Å². The molecule has 0 amide bonds. The molecule has 0 unspecified atom stereocenters. The maximum Gasteiger partial charge on any atom is 0.573 e. The predicted octanol–water partition coefficient (Wildman–Crippen LogP) is 2.39. The van der Waals surface area contributed by atoms with Gasteiger partial charge in [0, 0.05) is 11.5 Å². The van der Waals surface area contributed by atoms with Gasteiger partial charge in [0.25, 0.3) is 0 Å². The van der Waals surface area contributed by atoms with Crippen molar-refractivity contribution >= 4 is 16.9 Å². The molecule has 8 heteroatoms. The third kappa shape index (κ3) is 2.84. The lowest BCUT2D eigenvalue weighted by atomic mass is 10.2. The Hall–Kier alpha value is -2.51. The number of ether oxygens (including phenoxy) is 1. The average molecular weight is 274 g/mol. The number of carboxylic acid groups (broad SMARTS) is 1. The van der Waals surface area contributed by atoms with E-state index in [-0.39, 0.29) is 11.0 Å². The minimum Gasteiger partial charge on any atom is -0.477 e. The first-order chi connectivity index (χ1) is 8.76. The first kappa shape index (κ1) is 12.9. The van der Waals surface area contributed by atoms with Crippen LogP contribution < -0.4 is 10.4 Å². The van der Waals surface area contributed by atoms with E-state index < -0.39 is 29.3 Å². The van der Waals surface area contributed by atoms with Crippen LogP contribution in [0.15, 0.2) is 33.5 Å². The molecule has 1 N–H and O–H groups in total. The molecule has 2 aromatic rings. The highest BCUT2D eigenvalue weighted by Crippen LogP contribution is 2.26. The second-order valence-electron chi connectivity index (χ2n) is 3.50. The highest BCUT2D eigenvalue weighted by molar-refractivity contribution is 5.91. The summed E-state index contributed by atoms with van der Waals surface area (Å²) in [5.74, 6) is -2.04. The van der Waals surface area contributed by atoms with Crippen LogP contribution >= 0.6 is 0 Å². The summed E-state index contributed by atoms with van der Waals surface area (Å²) in [6.45, 7) is 0. The van der Waals surface area contributed by atoms with Gasteiger partial charge in [-0.3, -0.25) is 0 Å². The molecular formula is C11H5F3O5. The Bertz CT molecular complexity index is 702. The summed E-state index contributed by atoms with van der Waals surface area (Å²) in [6.07, 6.45) is -4.87. The molecule has 1 heterocycles. The molecule has 0 aliphatic heterocycles. The van der Waals surface area contributed by atoms with Crippen molar-refractivity contribution in [2.75, 3.05) is 0 Å². The Balaban J connectivity index is 2.53. The highest BCUT2D eigenvalue weighted by Gasteiger charge is 2.31. The number of benzene rings is 1. The van der Waals surface area contributed by atoms with Gasteiger partial charge in [0.1, 0.15) is 16.9 Å². The van der Waals surface area contributed by atoms with E-state index in [1.54, 1.807) is 0 Å². The van der Waals surface area contributed by atoms with Crippen LogP contribution in [0.4, 0.5) is 13.2 Å². The molecule has 100 valence electrons. The fraction of sp³-hybridized carbons (Fsp3) is 0.0909. The lowest BCUT2D eigenvalue weighted by molar-refractivity contribution is -0.274. The molecule has 1 aromatic heterocycles. The van der Waals surface area contributed by atoms with Crippen molar-refractivity contribution in [3.05, 3.63) is 40.2 Å². The number of alkyl halides is 3. The summed E-state index contributed by atoms with van der Waals surface area (Å²) in [4.78, 5) is 21.9. The van der Waals surface area contributed by atoms with Crippen LogP contribution in [-0.4, -0.2) is 17.4 Å². The van der Waals surface area contributed by atoms with Gasteiger partial charge in [-0.15, -0.1) is 13.2 Å². The van der Waals surface area contributed by atoms with Crippen LogP contribution in [0.1, 0.15) is 10.4 Å². The summed E-state index contributed by atoms with van der Waals surface area (Å²) in [5, 5.41) is 8.87. The van der Waals surface area contributed by atoms with Gasteiger partial charge in [0.2, 0.25) is 0 Å². The third-order valence-electron chi connectivity index (χ3n) is 2.17. The SMILES string of the molecule is O=C(O)c1cc2ccc(OC(F)(F)F)cc2oc1=O. The van der Waals surface area contributed by atoms with Gasteiger partial charge in [0.15, 0.2) is 0 Å². The zero-order valence-corrected chi connectivity index (χ0v) is 9.02. The summed E-state index contributed by atoms with van der Waals surface area (Å²) in [6, 6.07) is 4.02. The van der Waals surface area contributed by atoms with Crippen LogP contribution in [0.3, 0.4) is 0 Å². The number of carboxylic acids is 1. The molecule has 0 saturated carbocycles. The minimum atomic E-state index is -4.87. The number of carbonyl (C=O) groups is 1. The Morgan fingerprint density at radius 2 is 1.95 bits per heavy atom. The van der Waals surface area contributed by atoms with Gasteiger partial charge in [-0.2, -0.15) is 0 Å². The van der Waals surface area contributed by atoms with Gasteiger partial charge in [0.05, 0.1) is 0 Å². The zero-order valence-electron chi connectivity index (χ0n) is 9.02. The average Bonchev–Trinajstić information content (AvgIpc) is 2.25. The number of hydrogen-bond acceptors (Lipinski definition) is 4. The smallest absolute Gasteiger partial charge is 0.477 e. The molecule has 19 heavy (non-hydrogen) atoms. The van der Waals surface area contributed by atoms with E-state index in [4.69, 9.17) is 5.11 Å². The Morgan fingerprint density at radius 3 is 2.53 bits per heavy atom. The fourth-order valence-electron chi connectivity index (χ4n) is 1.44. The number of hydrogen-bond donors (Lipinski definition) is 1. The van der Waals surface area contributed by atoms with Crippen molar-refractivity contribution in [2.24, 2.45) is 0 Å². The quantitative estimate of drug-likeness (QED) is 0.851. The largest absolute Gasteiger partial charge is 0.573 e. The van der Waals surface area contributed by atoms with E-state index in [0.717, 1.165) is 24.3 Å². The van der Waals surface area contributed by atoms with Crippen LogP contribution in [0, 0.1) is 0 Å². The number of halogens is 3. The molecule has 0 saturated heterocycles. The standard InChI is InChI=1S/C11H5F3O5/c12-11(13,14)19-6-2-1-5-3-7(9(15)16)10(17)18-8(5)4-6/h1-4H,(H,15,16). The lowest BCUT2D eigenvalue weighted by Crippen LogP contribution is -2.17. The van der Waals surface area contributed by atoms with Gasteiger partial charge in [-0.1, -0.05) is 0 Å². The maximum atomic E-state index is 12.0. The molecule has 0 spiro atoms. The fourth-order valence-corrected chi connectivity index (χ4v) is 1.44. The molecule has 0 atom stereocenters. The van der Waals surface area contributed by atoms with Crippen molar-refractivity contribution in [3.63, 3.8) is 0 Å². The van der Waals surface area contributed by atoms with Gasteiger partial charge in [-0.05, 0) is 18.2 Å². The first-order valence-corrected chi connectivity index (χ1v) is 4.83. The summed E-state index contributed by atoms with van der Waals surface area (Å²) >= 11 is 0. The Kier molecular flexibility index (Phi) is 2.93. The van der Waals surface area contributed by atoms with Gasteiger partial charge < -0.3 is 14.3 Å². The van der Waals surface area contributed by atoms with Gasteiger partial charge >= 0.3 is 18.0 Å². The van der Waals surface area contributed by atoms with E-state index in [2.05, 4.69) is 9.15 Å². The van der Waals surface area contributed by atoms with Crippen molar-refractivity contribution in [1.29, 1.82) is 0 Å². The number of aromatic carboxylic acids is 1. The van der Waals surface area contributed by atoms with E-state index >= 15 is 0 Å². The molecule has 0 aliphatic rings. The number of fused-ring (bicyclic) bond motifs is 1. The molecule has 5 nitrogen and oxygen atoms in total. The lowest BCUT2D eigenvalue weighted by Gasteiger charge is -2.08.